The Labute approximate surface area is 128 Å². The largest absolute Gasteiger partial charge is 0.356 e. The Morgan fingerprint density at radius 1 is 1.24 bits per heavy atom. The summed E-state index contributed by atoms with van der Waals surface area (Å²) in [5.41, 5.74) is 2.83. The van der Waals surface area contributed by atoms with Crippen molar-refractivity contribution < 1.29 is 4.79 Å². The highest BCUT2D eigenvalue weighted by Gasteiger charge is 2.14. The van der Waals surface area contributed by atoms with E-state index in [4.69, 9.17) is 0 Å². The first-order valence-electron chi connectivity index (χ1n) is 7.98. The molecule has 1 atom stereocenters. The van der Waals surface area contributed by atoms with Crippen molar-refractivity contribution in [3.05, 3.63) is 47.5 Å². The lowest BCUT2D eigenvalue weighted by atomic mass is 9.86. The highest BCUT2D eigenvalue weighted by atomic mass is 16.1. The summed E-state index contributed by atoms with van der Waals surface area (Å²) >= 11 is 0. The van der Waals surface area contributed by atoms with E-state index in [0.29, 0.717) is 12.3 Å². The summed E-state index contributed by atoms with van der Waals surface area (Å²) in [6, 6.07) is 8.74. The molecule has 1 aliphatic carbocycles. The molecule has 0 heterocycles. The van der Waals surface area contributed by atoms with Gasteiger partial charge in [0.1, 0.15) is 0 Å². The lowest BCUT2D eigenvalue weighted by Crippen LogP contribution is -2.27. The molecule has 0 radical (unpaired) electrons. The summed E-state index contributed by atoms with van der Waals surface area (Å²) in [7, 11) is 0. The number of rotatable bonds is 5. The van der Waals surface area contributed by atoms with Crippen LogP contribution in [0.2, 0.25) is 0 Å². The van der Waals surface area contributed by atoms with Crippen molar-refractivity contribution in [3.8, 4) is 0 Å². The highest BCUT2D eigenvalue weighted by molar-refractivity contribution is 5.76. The van der Waals surface area contributed by atoms with Crippen molar-refractivity contribution in [2.45, 2.75) is 51.9 Å². The number of nitrogens with one attached hydrogen (secondary N) is 1. The van der Waals surface area contributed by atoms with Crippen molar-refractivity contribution in [2.75, 3.05) is 6.54 Å². The van der Waals surface area contributed by atoms with Crippen LogP contribution in [0.3, 0.4) is 0 Å². The average Bonchev–Trinajstić information content (AvgIpc) is 2.91. The van der Waals surface area contributed by atoms with Gasteiger partial charge in [0, 0.05) is 13.0 Å². The lowest BCUT2D eigenvalue weighted by molar-refractivity contribution is -0.121. The summed E-state index contributed by atoms with van der Waals surface area (Å²) < 4.78 is 0. The van der Waals surface area contributed by atoms with Gasteiger partial charge >= 0.3 is 0 Å². The van der Waals surface area contributed by atoms with Crippen molar-refractivity contribution in [3.63, 3.8) is 0 Å². The van der Waals surface area contributed by atoms with E-state index in [0.717, 1.165) is 25.8 Å². The lowest BCUT2D eigenvalue weighted by Gasteiger charge is -2.19. The third-order valence-electron chi connectivity index (χ3n) is 4.12. The highest BCUT2D eigenvalue weighted by Crippen LogP contribution is 2.22. The molecule has 2 nitrogen and oxygen atoms in total. The van der Waals surface area contributed by atoms with Crippen LogP contribution in [0.4, 0.5) is 0 Å². The van der Waals surface area contributed by atoms with Gasteiger partial charge in [-0.05, 0) is 41.7 Å². The number of allylic oxidation sites excluding steroid dienone is 2. The van der Waals surface area contributed by atoms with E-state index in [1.54, 1.807) is 0 Å². The second kappa shape index (κ2) is 6.93. The van der Waals surface area contributed by atoms with Crippen LogP contribution in [0.1, 0.15) is 51.2 Å². The summed E-state index contributed by atoms with van der Waals surface area (Å²) in [6.07, 6.45) is 8.13. The van der Waals surface area contributed by atoms with Crippen LogP contribution in [0, 0.1) is 5.92 Å². The maximum absolute atomic E-state index is 11.8. The summed E-state index contributed by atoms with van der Waals surface area (Å²) in [4.78, 5) is 11.8. The molecule has 1 aromatic rings. The Morgan fingerprint density at radius 3 is 2.52 bits per heavy atom. The fourth-order valence-electron chi connectivity index (χ4n) is 2.69. The second-order valence-corrected chi connectivity index (χ2v) is 7.02. The predicted octanol–water partition coefficient (Wildman–Crippen LogP) is 4.00. The quantitative estimate of drug-likeness (QED) is 0.814. The third-order valence-corrected chi connectivity index (χ3v) is 4.12. The first kappa shape index (κ1) is 15.8. The van der Waals surface area contributed by atoms with Gasteiger partial charge in [0.2, 0.25) is 5.91 Å². The molecule has 1 aliphatic rings. The fraction of sp³-hybridized carbons (Fsp3) is 0.526. The van der Waals surface area contributed by atoms with Crippen LogP contribution in [-0.4, -0.2) is 12.5 Å². The molecule has 1 unspecified atom stereocenters. The summed E-state index contributed by atoms with van der Waals surface area (Å²) in [5.74, 6) is 0.633. The monoisotopic (exact) mass is 285 g/mol. The minimum Gasteiger partial charge on any atom is -0.356 e. The molecule has 2 rings (SSSR count). The van der Waals surface area contributed by atoms with E-state index in [1.807, 2.05) is 0 Å². The van der Waals surface area contributed by atoms with Crippen LogP contribution in [0.15, 0.2) is 36.4 Å². The van der Waals surface area contributed by atoms with E-state index < -0.39 is 0 Å². The topological polar surface area (TPSA) is 29.1 Å². The van der Waals surface area contributed by atoms with E-state index in [9.17, 15) is 4.79 Å². The molecule has 2 heteroatoms. The Balaban J connectivity index is 1.73. The maximum atomic E-state index is 11.8. The molecule has 0 spiro atoms. The van der Waals surface area contributed by atoms with E-state index in [-0.39, 0.29) is 11.3 Å². The minimum absolute atomic E-state index is 0.179. The zero-order valence-electron chi connectivity index (χ0n) is 13.5. The second-order valence-electron chi connectivity index (χ2n) is 7.02. The number of hydrogen-bond donors (Lipinski definition) is 1. The van der Waals surface area contributed by atoms with Crippen LogP contribution >= 0.6 is 0 Å². The molecule has 1 aromatic carbocycles. The molecule has 0 bridgehead atoms. The molecule has 114 valence electrons. The van der Waals surface area contributed by atoms with Gasteiger partial charge in [0.25, 0.3) is 0 Å². The third kappa shape index (κ3) is 5.04. The smallest absolute Gasteiger partial charge is 0.220 e. The van der Waals surface area contributed by atoms with Gasteiger partial charge in [-0.3, -0.25) is 4.79 Å². The molecule has 0 fully saturated rings. The van der Waals surface area contributed by atoms with Gasteiger partial charge in [-0.2, -0.15) is 0 Å². The van der Waals surface area contributed by atoms with E-state index in [1.165, 1.54) is 11.1 Å². The Morgan fingerprint density at radius 2 is 1.95 bits per heavy atom. The van der Waals surface area contributed by atoms with Crippen molar-refractivity contribution >= 4 is 5.91 Å². The molecule has 0 aromatic heterocycles. The number of carbonyl (C=O) groups excluding carboxylic acids is 1. The van der Waals surface area contributed by atoms with Crippen LogP contribution < -0.4 is 5.32 Å². The molecular formula is C19H27NO. The number of carbonyl (C=O) groups is 1. The predicted molar refractivity (Wildman–Crippen MR) is 88.3 cm³/mol. The SMILES string of the molecule is CC(C)(C)c1ccc(CCNC(=O)CC2C=CCC2)cc1. The first-order valence-corrected chi connectivity index (χ1v) is 7.98. The zero-order valence-corrected chi connectivity index (χ0v) is 13.5. The van der Waals surface area contributed by atoms with Crippen LogP contribution in [-0.2, 0) is 16.6 Å². The number of hydrogen-bond acceptors (Lipinski definition) is 1. The molecule has 1 N–H and O–H groups in total. The summed E-state index contributed by atoms with van der Waals surface area (Å²) in [5, 5.41) is 3.03. The molecule has 0 saturated carbocycles. The Kier molecular flexibility index (Phi) is 5.22. The number of amides is 1. The van der Waals surface area contributed by atoms with Gasteiger partial charge in [-0.1, -0.05) is 57.2 Å². The average molecular weight is 285 g/mol. The van der Waals surface area contributed by atoms with Gasteiger partial charge in [0.15, 0.2) is 0 Å². The standard InChI is InChI=1S/C19H27NO/c1-19(2,3)17-10-8-15(9-11-17)12-13-20-18(21)14-16-6-4-5-7-16/h4,6,8-11,16H,5,7,12-14H2,1-3H3,(H,20,21). The molecular weight excluding hydrogens is 258 g/mol. The van der Waals surface area contributed by atoms with Crippen LogP contribution in [0.5, 0.6) is 0 Å². The van der Waals surface area contributed by atoms with E-state index in [2.05, 4.69) is 62.5 Å². The van der Waals surface area contributed by atoms with Crippen LogP contribution in [0.25, 0.3) is 0 Å². The number of benzene rings is 1. The molecule has 1 amide bonds. The molecule has 0 saturated heterocycles. The molecule has 0 aliphatic heterocycles. The van der Waals surface area contributed by atoms with Gasteiger partial charge in [-0.15, -0.1) is 0 Å². The minimum atomic E-state index is 0.179. The molecule has 21 heavy (non-hydrogen) atoms. The maximum Gasteiger partial charge on any atom is 0.220 e. The van der Waals surface area contributed by atoms with E-state index >= 15 is 0 Å². The first-order chi connectivity index (χ1) is 9.95. The summed E-state index contributed by atoms with van der Waals surface area (Å²) in [6.45, 7) is 7.39. The van der Waals surface area contributed by atoms with Crippen molar-refractivity contribution in [1.82, 2.24) is 5.32 Å². The fourth-order valence-corrected chi connectivity index (χ4v) is 2.69. The Bertz CT molecular complexity index is 493. The van der Waals surface area contributed by atoms with Crippen molar-refractivity contribution in [2.24, 2.45) is 5.92 Å². The van der Waals surface area contributed by atoms with Gasteiger partial charge in [-0.25, -0.2) is 0 Å². The van der Waals surface area contributed by atoms with Crippen molar-refractivity contribution in [1.29, 1.82) is 0 Å². The Hall–Kier alpha value is -1.57. The zero-order chi connectivity index (χ0) is 15.3. The van der Waals surface area contributed by atoms with Gasteiger partial charge in [0.05, 0.1) is 0 Å². The van der Waals surface area contributed by atoms with Gasteiger partial charge < -0.3 is 5.32 Å². The normalized spacial score (nSPS) is 18.0.